The zero-order chi connectivity index (χ0) is 13.2. The van der Waals surface area contributed by atoms with E-state index in [9.17, 15) is 18.0 Å². The summed E-state index contributed by atoms with van der Waals surface area (Å²) in [6.07, 6.45) is -2.88. The van der Waals surface area contributed by atoms with Crippen molar-refractivity contribution in [3.63, 3.8) is 0 Å². The van der Waals surface area contributed by atoms with E-state index in [1.807, 2.05) is 0 Å². The maximum Gasteiger partial charge on any atom is 0.434 e. The van der Waals surface area contributed by atoms with Gasteiger partial charge in [-0.2, -0.15) is 13.2 Å². The Morgan fingerprint density at radius 2 is 2.28 bits per heavy atom. The van der Waals surface area contributed by atoms with Crippen molar-refractivity contribution in [3.8, 4) is 0 Å². The Morgan fingerprint density at radius 1 is 1.50 bits per heavy atom. The Bertz CT molecular complexity index is 427. The Morgan fingerprint density at radius 3 is 2.83 bits per heavy atom. The molecule has 0 unspecified atom stereocenters. The van der Waals surface area contributed by atoms with Crippen molar-refractivity contribution in [2.45, 2.75) is 25.4 Å². The van der Waals surface area contributed by atoms with Gasteiger partial charge in [-0.05, 0) is 12.8 Å². The molecule has 1 aliphatic rings. The highest BCUT2D eigenvalue weighted by molar-refractivity contribution is 7.09. The molecule has 1 aromatic heterocycles. The Hall–Kier alpha value is -1.15. The fourth-order valence-electron chi connectivity index (χ4n) is 1.53. The molecule has 0 atom stereocenters. The lowest BCUT2D eigenvalue weighted by molar-refractivity contribution is -0.196. The van der Waals surface area contributed by atoms with Crippen LogP contribution in [0.4, 0.5) is 13.2 Å². The number of rotatable bonds is 2. The summed E-state index contributed by atoms with van der Waals surface area (Å²) in [5.74, 6) is -0.349. The molecule has 0 spiro atoms. The van der Waals surface area contributed by atoms with Gasteiger partial charge in [0, 0.05) is 11.9 Å². The minimum absolute atomic E-state index is 0.152. The molecule has 2 heterocycles. The van der Waals surface area contributed by atoms with Crippen LogP contribution in [-0.2, 0) is 22.2 Å². The maximum absolute atomic E-state index is 12.3. The van der Waals surface area contributed by atoms with Gasteiger partial charge in [0.2, 0.25) is 0 Å². The largest absolute Gasteiger partial charge is 0.434 e. The van der Waals surface area contributed by atoms with Gasteiger partial charge in [0.05, 0.1) is 13.0 Å². The second kappa shape index (κ2) is 5.23. The van der Waals surface area contributed by atoms with E-state index in [-0.39, 0.29) is 17.3 Å². The van der Waals surface area contributed by atoms with Crippen molar-refractivity contribution in [2.75, 3.05) is 13.2 Å². The van der Waals surface area contributed by atoms with Crippen LogP contribution in [0.25, 0.3) is 0 Å². The zero-order valence-corrected chi connectivity index (χ0v) is 10.2. The highest BCUT2D eigenvalue weighted by Gasteiger charge is 2.34. The van der Waals surface area contributed by atoms with Crippen LogP contribution in [-0.4, -0.2) is 29.1 Å². The second-order valence-electron chi connectivity index (χ2n) is 3.84. The number of carbonyl (C=O) groups excluding carboxylic acids is 1. The number of hydroxylamine groups is 2. The van der Waals surface area contributed by atoms with Crippen LogP contribution in [0.1, 0.15) is 23.5 Å². The molecule has 0 aliphatic carbocycles. The van der Waals surface area contributed by atoms with Gasteiger partial charge in [-0.3, -0.25) is 9.63 Å². The SMILES string of the molecule is O=C(Cc1nc(C(F)(F)F)cs1)N1CCCCO1. The van der Waals surface area contributed by atoms with Crippen LogP contribution in [0.5, 0.6) is 0 Å². The number of carbonyl (C=O) groups is 1. The average Bonchev–Trinajstić information content (AvgIpc) is 2.78. The number of halogens is 3. The van der Waals surface area contributed by atoms with Gasteiger partial charge in [0.25, 0.3) is 5.91 Å². The van der Waals surface area contributed by atoms with E-state index in [2.05, 4.69) is 4.98 Å². The van der Waals surface area contributed by atoms with Crippen molar-refractivity contribution < 1.29 is 22.8 Å². The minimum atomic E-state index is -4.46. The first-order chi connectivity index (χ1) is 8.47. The summed E-state index contributed by atoms with van der Waals surface area (Å²) in [6, 6.07) is 0. The summed E-state index contributed by atoms with van der Waals surface area (Å²) >= 11 is 0.835. The van der Waals surface area contributed by atoms with Crippen LogP contribution in [0.3, 0.4) is 0 Å². The number of amides is 1. The maximum atomic E-state index is 12.3. The molecule has 1 saturated heterocycles. The molecule has 0 N–H and O–H groups in total. The van der Waals surface area contributed by atoms with Crippen molar-refractivity contribution in [1.82, 2.24) is 10.0 Å². The molecule has 1 fully saturated rings. The Balaban J connectivity index is 1.96. The smallest absolute Gasteiger partial charge is 0.272 e. The highest BCUT2D eigenvalue weighted by Crippen LogP contribution is 2.30. The summed E-state index contributed by atoms with van der Waals surface area (Å²) in [5, 5.41) is 2.28. The zero-order valence-electron chi connectivity index (χ0n) is 9.37. The third-order valence-corrected chi connectivity index (χ3v) is 3.27. The number of nitrogens with zero attached hydrogens (tertiary/aromatic N) is 2. The van der Waals surface area contributed by atoms with Crippen molar-refractivity contribution in [2.24, 2.45) is 0 Å². The summed E-state index contributed by atoms with van der Waals surface area (Å²) in [4.78, 5) is 20.2. The topological polar surface area (TPSA) is 42.4 Å². The quantitative estimate of drug-likeness (QED) is 0.834. The predicted octanol–water partition coefficient (Wildman–Crippen LogP) is 2.26. The van der Waals surface area contributed by atoms with Crippen molar-refractivity contribution in [1.29, 1.82) is 0 Å². The van der Waals surface area contributed by atoms with Crippen molar-refractivity contribution >= 4 is 17.2 Å². The molecule has 8 heteroatoms. The minimum Gasteiger partial charge on any atom is -0.272 e. The standard InChI is InChI=1S/C10H11F3N2O2S/c11-10(12,13)7-6-18-8(14-7)5-9(16)15-3-1-2-4-17-15/h6H,1-5H2. The van der Waals surface area contributed by atoms with Crippen LogP contribution < -0.4 is 0 Å². The first-order valence-corrected chi connectivity index (χ1v) is 6.29. The lowest BCUT2D eigenvalue weighted by Crippen LogP contribution is -2.36. The summed E-state index contributed by atoms with van der Waals surface area (Å²) < 4.78 is 37.0. The summed E-state index contributed by atoms with van der Waals surface area (Å²) in [7, 11) is 0. The fraction of sp³-hybridized carbons (Fsp3) is 0.600. The van der Waals surface area contributed by atoms with Gasteiger partial charge < -0.3 is 0 Å². The number of hydrogen-bond donors (Lipinski definition) is 0. The third-order valence-electron chi connectivity index (χ3n) is 2.43. The average molecular weight is 280 g/mol. The molecular formula is C10H11F3N2O2S. The van der Waals surface area contributed by atoms with E-state index in [4.69, 9.17) is 4.84 Å². The fourth-order valence-corrected chi connectivity index (χ4v) is 2.33. The molecule has 1 aliphatic heterocycles. The van der Waals surface area contributed by atoms with Gasteiger partial charge in [0.15, 0.2) is 5.69 Å². The van der Waals surface area contributed by atoms with Crippen LogP contribution in [0.15, 0.2) is 5.38 Å². The molecule has 2 rings (SSSR count). The summed E-state index contributed by atoms with van der Waals surface area (Å²) in [6.45, 7) is 0.952. The summed E-state index contributed by atoms with van der Waals surface area (Å²) in [5.41, 5.74) is -0.949. The van der Waals surface area contributed by atoms with Gasteiger partial charge in [-0.1, -0.05) is 0 Å². The second-order valence-corrected chi connectivity index (χ2v) is 4.78. The molecule has 1 amide bonds. The van der Waals surface area contributed by atoms with E-state index >= 15 is 0 Å². The first kappa shape index (κ1) is 13.3. The van der Waals surface area contributed by atoms with E-state index in [1.54, 1.807) is 0 Å². The molecule has 0 radical (unpaired) electrons. The van der Waals surface area contributed by atoms with Crippen LogP contribution in [0.2, 0.25) is 0 Å². The van der Waals surface area contributed by atoms with E-state index in [0.717, 1.165) is 29.6 Å². The van der Waals surface area contributed by atoms with E-state index in [0.29, 0.717) is 13.2 Å². The van der Waals surface area contributed by atoms with Gasteiger partial charge in [0.1, 0.15) is 5.01 Å². The van der Waals surface area contributed by atoms with Crippen LogP contribution >= 0.6 is 11.3 Å². The number of thiazole rings is 1. The molecule has 18 heavy (non-hydrogen) atoms. The monoisotopic (exact) mass is 280 g/mol. The van der Waals surface area contributed by atoms with Gasteiger partial charge in [-0.15, -0.1) is 11.3 Å². The third kappa shape index (κ3) is 3.20. The molecule has 0 aromatic carbocycles. The predicted molar refractivity (Wildman–Crippen MR) is 57.7 cm³/mol. The van der Waals surface area contributed by atoms with Gasteiger partial charge in [-0.25, -0.2) is 10.0 Å². The van der Waals surface area contributed by atoms with E-state index < -0.39 is 11.9 Å². The number of hydrogen-bond acceptors (Lipinski definition) is 4. The van der Waals surface area contributed by atoms with E-state index in [1.165, 1.54) is 5.06 Å². The molecule has 4 nitrogen and oxygen atoms in total. The molecular weight excluding hydrogens is 269 g/mol. The number of aromatic nitrogens is 1. The lowest BCUT2D eigenvalue weighted by atomic mass is 10.3. The first-order valence-electron chi connectivity index (χ1n) is 5.41. The Kier molecular flexibility index (Phi) is 3.86. The molecule has 0 bridgehead atoms. The van der Waals surface area contributed by atoms with Crippen molar-refractivity contribution in [3.05, 3.63) is 16.1 Å². The Labute approximate surface area is 105 Å². The lowest BCUT2D eigenvalue weighted by Gasteiger charge is -2.25. The van der Waals surface area contributed by atoms with Gasteiger partial charge >= 0.3 is 6.18 Å². The number of alkyl halides is 3. The molecule has 1 aromatic rings. The molecule has 100 valence electrons. The van der Waals surface area contributed by atoms with Crippen LogP contribution in [0, 0.1) is 0 Å². The highest BCUT2D eigenvalue weighted by atomic mass is 32.1. The molecule has 0 saturated carbocycles. The normalized spacial score (nSPS) is 16.9.